The summed E-state index contributed by atoms with van der Waals surface area (Å²) < 4.78 is 10.9. The Balaban J connectivity index is 1.30. The summed E-state index contributed by atoms with van der Waals surface area (Å²) in [5.74, 6) is -1.81. The van der Waals surface area contributed by atoms with Gasteiger partial charge in [-0.2, -0.15) is 0 Å². The maximum Gasteiger partial charge on any atom is 0.410 e. The SMILES string of the molecule is CCOC(=O)c1c(NC(=O)C(C)Sc2cccc(NC(=O)/C(=C/c3ccccc3C)NC(=O)c3ccccc3)c2)sc2c1CCN(C(=O)OC(C)(C)C)C2. The van der Waals surface area contributed by atoms with Crippen LogP contribution in [-0.4, -0.2) is 58.7 Å². The minimum absolute atomic E-state index is 0.0641. The van der Waals surface area contributed by atoms with Crippen molar-refractivity contribution in [2.24, 2.45) is 0 Å². The molecular formula is C41H44N4O7S2. The number of esters is 1. The second-order valence-corrected chi connectivity index (χ2v) is 16.1. The summed E-state index contributed by atoms with van der Waals surface area (Å²) in [5.41, 5.74) is 3.06. The third kappa shape index (κ3) is 10.4. The molecule has 1 unspecified atom stereocenters. The first kappa shape index (κ1) is 39.8. The van der Waals surface area contributed by atoms with Crippen LogP contribution in [0.5, 0.6) is 0 Å². The van der Waals surface area contributed by atoms with Gasteiger partial charge in [0.25, 0.3) is 11.8 Å². The number of fused-ring (bicyclic) bond motifs is 1. The van der Waals surface area contributed by atoms with Crippen molar-refractivity contribution >= 4 is 69.6 Å². The zero-order chi connectivity index (χ0) is 39.0. The average molecular weight is 769 g/mol. The van der Waals surface area contributed by atoms with E-state index in [4.69, 9.17) is 9.47 Å². The molecule has 0 radical (unpaired) electrons. The number of carbonyl (C=O) groups is 5. The van der Waals surface area contributed by atoms with Crippen LogP contribution in [0, 0.1) is 6.92 Å². The van der Waals surface area contributed by atoms with Crippen LogP contribution in [0.3, 0.4) is 0 Å². The molecule has 282 valence electrons. The number of nitrogens with one attached hydrogen (secondary N) is 3. The summed E-state index contributed by atoms with van der Waals surface area (Å²) in [5, 5.41) is 8.34. The zero-order valence-corrected chi connectivity index (χ0v) is 32.7. The molecule has 1 aromatic heterocycles. The Morgan fingerprint density at radius 3 is 2.39 bits per heavy atom. The number of hydrogen-bond donors (Lipinski definition) is 3. The van der Waals surface area contributed by atoms with Gasteiger partial charge in [-0.15, -0.1) is 23.1 Å². The average Bonchev–Trinajstić information content (AvgIpc) is 3.49. The fourth-order valence-electron chi connectivity index (χ4n) is 5.56. The van der Waals surface area contributed by atoms with E-state index >= 15 is 0 Å². The molecule has 1 aliphatic heterocycles. The lowest BCUT2D eigenvalue weighted by Gasteiger charge is -2.30. The van der Waals surface area contributed by atoms with Gasteiger partial charge in [0, 0.05) is 27.6 Å². The second-order valence-electron chi connectivity index (χ2n) is 13.5. The monoisotopic (exact) mass is 768 g/mol. The van der Waals surface area contributed by atoms with E-state index in [1.54, 1.807) is 94.1 Å². The molecule has 0 saturated heterocycles. The molecule has 0 bridgehead atoms. The minimum atomic E-state index is -0.650. The van der Waals surface area contributed by atoms with Crippen molar-refractivity contribution in [3.05, 3.63) is 117 Å². The van der Waals surface area contributed by atoms with Crippen molar-refractivity contribution in [1.82, 2.24) is 10.2 Å². The number of hydrogen-bond acceptors (Lipinski definition) is 9. The van der Waals surface area contributed by atoms with E-state index in [1.165, 1.54) is 23.1 Å². The van der Waals surface area contributed by atoms with Gasteiger partial charge in [-0.3, -0.25) is 14.4 Å². The van der Waals surface area contributed by atoms with Gasteiger partial charge in [0.2, 0.25) is 5.91 Å². The Hall–Kier alpha value is -5.40. The van der Waals surface area contributed by atoms with Gasteiger partial charge in [-0.25, -0.2) is 9.59 Å². The first-order valence-electron chi connectivity index (χ1n) is 17.5. The third-order valence-corrected chi connectivity index (χ3v) is 10.4. The number of nitrogens with zero attached hydrogens (tertiary/aromatic N) is 1. The first-order chi connectivity index (χ1) is 25.7. The highest BCUT2D eigenvalue weighted by Gasteiger charge is 2.33. The highest BCUT2D eigenvalue weighted by molar-refractivity contribution is 8.00. The Morgan fingerprint density at radius 2 is 1.69 bits per heavy atom. The molecule has 13 heteroatoms. The zero-order valence-electron chi connectivity index (χ0n) is 31.1. The Bertz CT molecular complexity index is 2070. The summed E-state index contributed by atoms with van der Waals surface area (Å²) in [6.45, 7) is 11.6. The number of amides is 4. The van der Waals surface area contributed by atoms with Crippen LogP contribution in [0.2, 0.25) is 0 Å². The van der Waals surface area contributed by atoms with Crippen molar-refractivity contribution in [3.63, 3.8) is 0 Å². The van der Waals surface area contributed by atoms with Crippen molar-refractivity contribution in [2.75, 3.05) is 23.8 Å². The second kappa shape index (κ2) is 17.6. The molecule has 1 atom stereocenters. The molecular weight excluding hydrogens is 725 g/mol. The molecule has 4 amide bonds. The Morgan fingerprint density at radius 1 is 0.963 bits per heavy atom. The number of thiophene rings is 1. The molecule has 4 aromatic rings. The highest BCUT2D eigenvalue weighted by atomic mass is 32.2. The molecule has 2 heterocycles. The van der Waals surface area contributed by atoms with Crippen LogP contribution < -0.4 is 16.0 Å². The molecule has 11 nitrogen and oxygen atoms in total. The van der Waals surface area contributed by atoms with Crippen molar-refractivity contribution in [3.8, 4) is 0 Å². The van der Waals surface area contributed by atoms with Crippen LogP contribution in [0.15, 0.2) is 89.5 Å². The number of ether oxygens (including phenoxy) is 2. The van der Waals surface area contributed by atoms with E-state index < -0.39 is 34.7 Å². The molecule has 5 rings (SSSR count). The summed E-state index contributed by atoms with van der Waals surface area (Å²) >= 11 is 2.52. The number of carbonyl (C=O) groups excluding carboxylic acids is 5. The van der Waals surface area contributed by atoms with E-state index in [2.05, 4.69) is 16.0 Å². The van der Waals surface area contributed by atoms with Crippen LogP contribution in [-0.2, 0) is 32.0 Å². The van der Waals surface area contributed by atoms with E-state index in [0.717, 1.165) is 21.6 Å². The maximum atomic E-state index is 13.6. The van der Waals surface area contributed by atoms with Gasteiger partial charge in [0.1, 0.15) is 16.3 Å². The van der Waals surface area contributed by atoms with Gasteiger partial charge in [0.15, 0.2) is 0 Å². The lowest BCUT2D eigenvalue weighted by Crippen LogP contribution is -2.39. The molecule has 54 heavy (non-hydrogen) atoms. The van der Waals surface area contributed by atoms with Crippen molar-refractivity contribution in [1.29, 1.82) is 0 Å². The molecule has 1 aliphatic rings. The molecule has 0 spiro atoms. The fraction of sp³-hybridized carbons (Fsp3) is 0.293. The van der Waals surface area contributed by atoms with E-state index in [0.29, 0.717) is 39.7 Å². The lowest BCUT2D eigenvalue weighted by atomic mass is 10.0. The van der Waals surface area contributed by atoms with Gasteiger partial charge in [0.05, 0.1) is 24.0 Å². The molecule has 3 aromatic carbocycles. The predicted octanol–water partition coefficient (Wildman–Crippen LogP) is 8.06. The van der Waals surface area contributed by atoms with Crippen LogP contribution in [0.4, 0.5) is 15.5 Å². The highest BCUT2D eigenvalue weighted by Crippen LogP contribution is 2.39. The lowest BCUT2D eigenvalue weighted by molar-refractivity contribution is -0.115. The smallest absolute Gasteiger partial charge is 0.410 e. The normalized spacial score (nSPS) is 13.3. The summed E-state index contributed by atoms with van der Waals surface area (Å²) in [4.78, 5) is 69.3. The number of benzene rings is 3. The molecule has 0 fully saturated rings. The van der Waals surface area contributed by atoms with Gasteiger partial charge in [-0.1, -0.05) is 48.5 Å². The van der Waals surface area contributed by atoms with E-state index in [9.17, 15) is 24.0 Å². The predicted molar refractivity (Wildman–Crippen MR) is 213 cm³/mol. The largest absolute Gasteiger partial charge is 0.462 e. The maximum absolute atomic E-state index is 13.6. The van der Waals surface area contributed by atoms with Crippen molar-refractivity contribution < 1.29 is 33.4 Å². The van der Waals surface area contributed by atoms with E-state index in [1.807, 2.05) is 37.3 Å². The number of aryl methyl sites for hydroxylation is 1. The van der Waals surface area contributed by atoms with Crippen LogP contribution >= 0.6 is 23.1 Å². The van der Waals surface area contributed by atoms with Crippen molar-refractivity contribution in [2.45, 2.75) is 70.3 Å². The van der Waals surface area contributed by atoms with Gasteiger partial charge in [-0.05, 0) is 101 Å². The topological polar surface area (TPSA) is 143 Å². The van der Waals surface area contributed by atoms with Crippen LogP contribution in [0.25, 0.3) is 6.08 Å². The van der Waals surface area contributed by atoms with Crippen LogP contribution in [0.1, 0.15) is 76.9 Å². The number of anilines is 2. The quantitative estimate of drug-likeness (QED) is 0.0791. The Kier molecular flexibility index (Phi) is 13.0. The number of thioether (sulfide) groups is 1. The molecule has 0 aliphatic carbocycles. The molecule has 0 saturated carbocycles. The molecule has 3 N–H and O–H groups in total. The standard InChI is InChI=1S/C41H44N4O7S2/c1-7-51-39(49)34-31-20-21-45(40(50)52-41(4,5)6)24-33(31)54-38(34)44-35(46)26(3)53-30-19-13-18-29(23-30)42-37(48)32(22-28-17-12-11-14-25(28)2)43-36(47)27-15-9-8-10-16-27/h8-19,22-23,26H,7,20-21,24H2,1-6H3,(H,42,48)(H,43,47)(H,44,46)/b32-22-. The minimum Gasteiger partial charge on any atom is -0.462 e. The summed E-state index contributed by atoms with van der Waals surface area (Å²) in [7, 11) is 0. The van der Waals surface area contributed by atoms with Gasteiger partial charge >= 0.3 is 12.1 Å². The number of rotatable bonds is 11. The van der Waals surface area contributed by atoms with E-state index in [-0.39, 0.29) is 24.8 Å². The fourth-order valence-corrected chi connectivity index (χ4v) is 7.74. The summed E-state index contributed by atoms with van der Waals surface area (Å²) in [6.07, 6.45) is 1.61. The third-order valence-electron chi connectivity index (χ3n) is 8.22. The Labute approximate surface area is 323 Å². The summed E-state index contributed by atoms with van der Waals surface area (Å²) in [6, 6.07) is 23.2. The first-order valence-corrected chi connectivity index (χ1v) is 19.2. The van der Waals surface area contributed by atoms with Gasteiger partial charge < -0.3 is 30.3 Å².